The summed E-state index contributed by atoms with van der Waals surface area (Å²) in [5.41, 5.74) is 4.84. The van der Waals surface area contributed by atoms with Crippen molar-refractivity contribution < 1.29 is 33.8 Å². The molecule has 3 unspecified atom stereocenters. The predicted octanol–water partition coefficient (Wildman–Crippen LogP) is -2.57. The Morgan fingerprint density at radius 2 is 2.12 bits per heavy atom. The molecule has 0 aliphatic carbocycles. The van der Waals surface area contributed by atoms with Crippen LogP contribution in [0.2, 0.25) is 0 Å². The Morgan fingerprint density at radius 1 is 1.42 bits per heavy atom. The molecule has 0 bridgehead atoms. The van der Waals surface area contributed by atoms with Crippen LogP contribution in [0.5, 0.6) is 0 Å². The fourth-order valence-electron chi connectivity index (χ4n) is 2.40. The van der Waals surface area contributed by atoms with Crippen molar-refractivity contribution in [3.63, 3.8) is 0 Å². The van der Waals surface area contributed by atoms with Crippen molar-refractivity contribution >= 4 is 24.9 Å². The molecular weight excluding hydrogens is 349 g/mol. The van der Waals surface area contributed by atoms with E-state index >= 15 is 0 Å². The SMILES string of the molecule is Nc1nc2c(ncn2[C@@H]2OC(COP(=O)(O)O)C(O)C2O)c(=O)[nH]1. The minimum atomic E-state index is -4.76. The van der Waals surface area contributed by atoms with Gasteiger partial charge in [-0.1, -0.05) is 0 Å². The standard InChI is InChI=1S/C10H14N5O8P/c11-10-13-7-4(8(18)14-10)12-2-15(7)9-6(17)5(16)3(23-9)1-22-24(19,20)21/h2-3,5-6,9,16-17H,1H2,(H2,19,20,21)(H3,11,13,14,18)/t3?,5?,6?,9-/m1/s1. The number of fused-ring (bicyclic) bond motifs is 1. The number of hydrogen-bond donors (Lipinski definition) is 6. The molecule has 14 heteroatoms. The largest absolute Gasteiger partial charge is 0.469 e. The number of ether oxygens (including phenoxy) is 1. The average Bonchev–Trinajstić information content (AvgIpc) is 3.00. The number of anilines is 1. The third-order valence-corrected chi connectivity index (χ3v) is 3.95. The summed E-state index contributed by atoms with van der Waals surface area (Å²) in [6.45, 7) is -0.651. The zero-order valence-electron chi connectivity index (χ0n) is 11.9. The van der Waals surface area contributed by atoms with Crippen LogP contribution in [0.4, 0.5) is 5.95 Å². The fourth-order valence-corrected chi connectivity index (χ4v) is 2.74. The Bertz CT molecular complexity index is 861. The van der Waals surface area contributed by atoms with E-state index in [1.54, 1.807) is 0 Å². The summed E-state index contributed by atoms with van der Waals surface area (Å²) < 4.78 is 21.6. The quantitative estimate of drug-likeness (QED) is 0.311. The second-order valence-corrected chi connectivity index (χ2v) is 6.35. The van der Waals surface area contributed by atoms with Gasteiger partial charge in [-0.25, -0.2) is 9.55 Å². The van der Waals surface area contributed by atoms with Crippen molar-refractivity contribution in [2.75, 3.05) is 12.3 Å². The van der Waals surface area contributed by atoms with Gasteiger partial charge in [0.2, 0.25) is 5.95 Å². The number of nitrogens with one attached hydrogen (secondary N) is 1. The van der Waals surface area contributed by atoms with Crippen LogP contribution in [-0.4, -0.2) is 64.4 Å². The molecule has 2 aromatic heterocycles. The second kappa shape index (κ2) is 5.89. The van der Waals surface area contributed by atoms with Crippen molar-refractivity contribution in [3.05, 3.63) is 16.7 Å². The molecule has 0 radical (unpaired) electrons. The van der Waals surface area contributed by atoms with Crippen LogP contribution in [0.25, 0.3) is 11.2 Å². The number of nitrogen functional groups attached to an aromatic ring is 1. The first kappa shape index (κ1) is 17.0. The number of aromatic amines is 1. The highest BCUT2D eigenvalue weighted by atomic mass is 31.2. The van der Waals surface area contributed by atoms with Crippen LogP contribution >= 0.6 is 7.82 Å². The average molecular weight is 363 g/mol. The Kier molecular flexibility index (Phi) is 4.17. The number of phosphoric acid groups is 1. The van der Waals surface area contributed by atoms with Crippen LogP contribution in [0.15, 0.2) is 11.1 Å². The molecule has 1 fully saturated rings. The molecule has 1 aliphatic rings. The first-order valence-electron chi connectivity index (χ1n) is 6.61. The molecule has 3 rings (SSSR count). The fraction of sp³-hybridized carbons (Fsp3) is 0.500. The number of rotatable bonds is 4. The molecule has 0 saturated carbocycles. The summed E-state index contributed by atoms with van der Waals surface area (Å²) in [5, 5.41) is 20.1. The minimum Gasteiger partial charge on any atom is -0.387 e. The molecule has 0 spiro atoms. The van der Waals surface area contributed by atoms with E-state index in [-0.39, 0.29) is 17.1 Å². The normalized spacial score (nSPS) is 27.8. The van der Waals surface area contributed by atoms with Gasteiger partial charge in [-0.15, -0.1) is 0 Å². The van der Waals surface area contributed by atoms with Crippen molar-refractivity contribution in [3.8, 4) is 0 Å². The molecule has 132 valence electrons. The maximum atomic E-state index is 11.7. The van der Waals surface area contributed by atoms with E-state index in [9.17, 15) is 19.6 Å². The van der Waals surface area contributed by atoms with Gasteiger partial charge in [0.05, 0.1) is 12.9 Å². The topological polar surface area (TPSA) is 206 Å². The third-order valence-electron chi connectivity index (χ3n) is 3.47. The van der Waals surface area contributed by atoms with Crippen LogP contribution in [0, 0.1) is 0 Å². The number of nitrogens with two attached hydrogens (primary N) is 1. The lowest BCUT2D eigenvalue weighted by Gasteiger charge is -2.16. The van der Waals surface area contributed by atoms with E-state index in [1.807, 2.05) is 0 Å². The third kappa shape index (κ3) is 3.06. The van der Waals surface area contributed by atoms with E-state index in [1.165, 1.54) is 10.9 Å². The second-order valence-electron chi connectivity index (χ2n) is 5.11. The zero-order chi connectivity index (χ0) is 17.6. The molecule has 7 N–H and O–H groups in total. The molecule has 13 nitrogen and oxygen atoms in total. The number of H-pyrrole nitrogens is 1. The van der Waals surface area contributed by atoms with Gasteiger partial charge in [0.25, 0.3) is 5.56 Å². The highest BCUT2D eigenvalue weighted by molar-refractivity contribution is 7.46. The van der Waals surface area contributed by atoms with Crippen LogP contribution in [0.3, 0.4) is 0 Å². The maximum Gasteiger partial charge on any atom is 0.469 e. The van der Waals surface area contributed by atoms with Crippen LogP contribution < -0.4 is 11.3 Å². The molecule has 4 atom stereocenters. The van der Waals surface area contributed by atoms with E-state index in [0.717, 1.165) is 0 Å². The van der Waals surface area contributed by atoms with E-state index in [2.05, 4.69) is 19.5 Å². The van der Waals surface area contributed by atoms with Crippen molar-refractivity contribution in [1.82, 2.24) is 19.5 Å². The van der Waals surface area contributed by atoms with E-state index in [0.29, 0.717) is 0 Å². The molecule has 2 aromatic rings. The molecule has 24 heavy (non-hydrogen) atoms. The van der Waals surface area contributed by atoms with Gasteiger partial charge in [-0.2, -0.15) is 4.98 Å². The lowest BCUT2D eigenvalue weighted by Crippen LogP contribution is -2.33. The predicted molar refractivity (Wildman–Crippen MR) is 76.5 cm³/mol. The number of hydrogen-bond acceptors (Lipinski definition) is 9. The van der Waals surface area contributed by atoms with Gasteiger partial charge >= 0.3 is 7.82 Å². The van der Waals surface area contributed by atoms with Gasteiger partial charge in [0, 0.05) is 0 Å². The highest BCUT2D eigenvalue weighted by Crippen LogP contribution is 2.38. The Hall–Kier alpha value is -1.86. The molecule has 1 saturated heterocycles. The number of aliphatic hydroxyl groups excluding tert-OH is 2. The number of phosphoric ester groups is 1. The molecule has 1 aliphatic heterocycles. The van der Waals surface area contributed by atoms with Gasteiger partial charge in [-0.3, -0.25) is 18.9 Å². The van der Waals surface area contributed by atoms with Crippen LogP contribution in [0.1, 0.15) is 6.23 Å². The summed E-state index contributed by atoms with van der Waals surface area (Å²) >= 11 is 0. The summed E-state index contributed by atoms with van der Waals surface area (Å²) in [5.74, 6) is -0.177. The van der Waals surface area contributed by atoms with Gasteiger partial charge in [-0.05, 0) is 0 Å². The lowest BCUT2D eigenvalue weighted by atomic mass is 10.1. The van der Waals surface area contributed by atoms with Gasteiger partial charge in [0.15, 0.2) is 17.4 Å². The zero-order valence-corrected chi connectivity index (χ0v) is 12.8. The molecule has 0 amide bonds. The molecule has 3 heterocycles. The first-order chi connectivity index (χ1) is 11.2. The highest BCUT2D eigenvalue weighted by Gasteiger charge is 2.45. The lowest BCUT2D eigenvalue weighted by molar-refractivity contribution is -0.0503. The van der Waals surface area contributed by atoms with E-state index < -0.39 is 44.5 Å². The Morgan fingerprint density at radius 3 is 2.79 bits per heavy atom. The summed E-state index contributed by atoms with van der Waals surface area (Å²) in [6, 6.07) is 0. The molecular formula is C10H14N5O8P. The Labute approximate surface area is 132 Å². The monoisotopic (exact) mass is 363 g/mol. The van der Waals surface area contributed by atoms with Crippen molar-refractivity contribution in [2.24, 2.45) is 0 Å². The molecule has 0 aromatic carbocycles. The number of aromatic nitrogens is 4. The summed E-state index contributed by atoms with van der Waals surface area (Å²) in [6.07, 6.45) is -4.22. The number of nitrogens with zero attached hydrogens (tertiary/aromatic N) is 3. The van der Waals surface area contributed by atoms with Gasteiger partial charge < -0.3 is 30.5 Å². The van der Waals surface area contributed by atoms with Gasteiger partial charge in [0.1, 0.15) is 18.3 Å². The Balaban J connectivity index is 1.90. The van der Waals surface area contributed by atoms with E-state index in [4.69, 9.17) is 20.3 Å². The number of imidazole rings is 1. The minimum absolute atomic E-state index is 0.0176. The van der Waals surface area contributed by atoms with Crippen molar-refractivity contribution in [2.45, 2.75) is 24.5 Å². The smallest absolute Gasteiger partial charge is 0.387 e. The summed E-state index contributed by atoms with van der Waals surface area (Å²) in [4.78, 5) is 39.1. The van der Waals surface area contributed by atoms with Crippen molar-refractivity contribution in [1.29, 1.82) is 0 Å². The maximum absolute atomic E-state index is 11.7. The van der Waals surface area contributed by atoms with Crippen LogP contribution in [-0.2, 0) is 13.8 Å². The summed E-state index contributed by atoms with van der Waals surface area (Å²) in [7, 11) is -4.76. The number of aliphatic hydroxyl groups is 2. The first-order valence-corrected chi connectivity index (χ1v) is 8.14.